The predicted octanol–water partition coefficient (Wildman–Crippen LogP) is 10.4. The first-order valence-electron chi connectivity index (χ1n) is 16.6. The van der Waals surface area contributed by atoms with Gasteiger partial charge in [0.05, 0.1) is 27.3 Å². The first-order chi connectivity index (χ1) is 24.2. The third kappa shape index (κ3) is 7.44. The van der Waals surface area contributed by atoms with Gasteiger partial charge in [-0.1, -0.05) is 44.5 Å². The van der Waals surface area contributed by atoms with Gasteiger partial charge >= 0.3 is 12.4 Å². The van der Waals surface area contributed by atoms with Crippen LogP contribution in [-0.2, 0) is 5.41 Å². The van der Waals surface area contributed by atoms with Crippen molar-refractivity contribution in [3.63, 3.8) is 0 Å². The van der Waals surface area contributed by atoms with Gasteiger partial charge in [0.15, 0.2) is 0 Å². The standard InChI is InChI=1S/C38H37ClF3N5O3S/c1-36(2,3)21-46-18-16-37(17-19-46)22-47(33-30(48)14-13-26(32(33)37)34-44-28-20-23(39)8-15-31(28)51-34)29-7-5-4-6-27(29)45-35(49)43-24-9-11-25(12-10-24)50-38(40,41)42/h4-15,20,48H,16-19,21-22H2,1-3H3,(H2,43,45,49). The minimum atomic E-state index is -4.82. The van der Waals surface area contributed by atoms with E-state index in [1.807, 2.05) is 42.5 Å². The van der Waals surface area contributed by atoms with Crippen molar-refractivity contribution in [3.8, 4) is 22.1 Å². The number of amides is 2. The monoisotopic (exact) mass is 735 g/mol. The SMILES string of the molecule is CC(C)(C)CN1CCC2(CC1)CN(c1ccccc1NC(=O)Nc1ccc(OC(F)(F)F)cc1)c1c(O)ccc(-c3nc4cc(Cl)ccc4s3)c12. The summed E-state index contributed by atoms with van der Waals surface area (Å²) in [6, 6.07) is 21.1. The van der Waals surface area contributed by atoms with Gasteiger partial charge in [0.25, 0.3) is 0 Å². The van der Waals surface area contributed by atoms with Gasteiger partial charge in [-0.05, 0) is 104 Å². The molecule has 51 heavy (non-hydrogen) atoms. The summed E-state index contributed by atoms with van der Waals surface area (Å²) < 4.78 is 42.8. The Balaban J connectivity index is 1.24. The number of para-hydroxylation sites is 2. The van der Waals surface area contributed by atoms with Crippen molar-refractivity contribution < 1.29 is 27.8 Å². The lowest BCUT2D eigenvalue weighted by Gasteiger charge is -2.42. The van der Waals surface area contributed by atoms with E-state index in [4.69, 9.17) is 16.6 Å². The molecule has 2 aliphatic rings. The Morgan fingerprint density at radius 2 is 1.73 bits per heavy atom. The number of thiazole rings is 1. The Morgan fingerprint density at radius 3 is 2.43 bits per heavy atom. The van der Waals surface area contributed by atoms with E-state index < -0.39 is 18.1 Å². The number of carbonyl (C=O) groups excluding carboxylic acids is 1. The Morgan fingerprint density at radius 1 is 1.00 bits per heavy atom. The van der Waals surface area contributed by atoms with E-state index in [-0.39, 0.29) is 22.3 Å². The molecule has 266 valence electrons. The highest BCUT2D eigenvalue weighted by atomic mass is 35.5. The summed E-state index contributed by atoms with van der Waals surface area (Å²) in [4.78, 5) is 22.9. The fourth-order valence-corrected chi connectivity index (χ4v) is 8.45. The van der Waals surface area contributed by atoms with Gasteiger partial charge < -0.3 is 30.3 Å². The Kier molecular flexibility index (Phi) is 9.05. The molecular weight excluding hydrogens is 699 g/mol. The molecule has 1 saturated heterocycles. The zero-order chi connectivity index (χ0) is 36.1. The van der Waals surface area contributed by atoms with Crippen LogP contribution in [0.15, 0.2) is 78.9 Å². The number of hydrogen-bond acceptors (Lipinski definition) is 7. The number of rotatable bonds is 6. The third-order valence-electron chi connectivity index (χ3n) is 9.30. The predicted molar refractivity (Wildman–Crippen MR) is 198 cm³/mol. The summed E-state index contributed by atoms with van der Waals surface area (Å²) in [6.45, 7) is 10.1. The van der Waals surface area contributed by atoms with E-state index in [2.05, 4.69) is 45.9 Å². The number of hydrogen-bond donors (Lipinski definition) is 3. The van der Waals surface area contributed by atoms with E-state index in [9.17, 15) is 23.1 Å². The first-order valence-corrected chi connectivity index (χ1v) is 17.8. The summed E-state index contributed by atoms with van der Waals surface area (Å²) in [5, 5.41) is 18.7. The van der Waals surface area contributed by atoms with Crippen LogP contribution < -0.4 is 20.3 Å². The number of nitrogens with zero attached hydrogens (tertiary/aromatic N) is 3. The molecule has 3 heterocycles. The smallest absolute Gasteiger partial charge is 0.506 e. The second-order valence-corrected chi connectivity index (χ2v) is 15.8. The number of phenolic OH excluding ortho intramolecular Hbond substituents is 1. The number of urea groups is 1. The lowest BCUT2D eigenvalue weighted by Crippen LogP contribution is -2.47. The molecule has 8 nitrogen and oxygen atoms in total. The van der Waals surface area contributed by atoms with Gasteiger partial charge in [-0.15, -0.1) is 24.5 Å². The van der Waals surface area contributed by atoms with Crippen molar-refractivity contribution >= 4 is 61.9 Å². The van der Waals surface area contributed by atoms with Crippen molar-refractivity contribution in [2.24, 2.45) is 5.41 Å². The zero-order valence-corrected chi connectivity index (χ0v) is 29.8. The molecule has 3 N–H and O–H groups in total. The number of nitrogens with one attached hydrogen (secondary N) is 2. The molecule has 13 heteroatoms. The first kappa shape index (κ1) is 34.9. The van der Waals surface area contributed by atoms with E-state index in [1.165, 1.54) is 12.1 Å². The summed E-state index contributed by atoms with van der Waals surface area (Å²) >= 11 is 7.91. The van der Waals surface area contributed by atoms with Crippen LogP contribution in [0.3, 0.4) is 0 Å². The van der Waals surface area contributed by atoms with Gasteiger partial charge in [-0.3, -0.25) is 0 Å². The maximum Gasteiger partial charge on any atom is 0.573 e. The quantitative estimate of drug-likeness (QED) is 0.161. The van der Waals surface area contributed by atoms with Crippen LogP contribution >= 0.6 is 22.9 Å². The number of phenols is 1. The highest BCUT2D eigenvalue weighted by molar-refractivity contribution is 7.21. The molecule has 0 radical (unpaired) electrons. The maximum absolute atomic E-state index is 13.2. The summed E-state index contributed by atoms with van der Waals surface area (Å²) in [6.07, 6.45) is -3.09. The molecule has 0 atom stereocenters. The molecule has 0 unspecified atom stereocenters. The number of halogens is 4. The Hall–Kier alpha value is -4.52. The molecule has 0 aliphatic carbocycles. The molecule has 7 rings (SSSR count). The second-order valence-electron chi connectivity index (χ2n) is 14.4. The number of piperidine rings is 1. The highest BCUT2D eigenvalue weighted by Gasteiger charge is 2.49. The van der Waals surface area contributed by atoms with E-state index >= 15 is 0 Å². The number of ether oxygens (including phenoxy) is 1. The molecule has 0 saturated carbocycles. The minimum absolute atomic E-state index is 0.132. The van der Waals surface area contributed by atoms with Crippen LogP contribution in [0.5, 0.6) is 11.5 Å². The number of fused-ring (bicyclic) bond motifs is 3. The van der Waals surface area contributed by atoms with Crippen molar-refractivity contribution in [2.45, 2.75) is 45.4 Å². The molecule has 1 spiro atoms. The number of aromatic hydroxyl groups is 1. The average molecular weight is 736 g/mol. The number of likely N-dealkylation sites (tertiary alicyclic amines) is 1. The summed E-state index contributed by atoms with van der Waals surface area (Å²) in [7, 11) is 0. The number of benzene rings is 4. The average Bonchev–Trinajstić information content (AvgIpc) is 3.62. The van der Waals surface area contributed by atoms with Crippen molar-refractivity contribution in [3.05, 3.63) is 89.4 Å². The molecule has 5 aromatic rings. The van der Waals surface area contributed by atoms with E-state index in [0.717, 1.165) is 71.0 Å². The Labute approximate surface area is 302 Å². The Bertz CT molecular complexity index is 2090. The minimum Gasteiger partial charge on any atom is -0.506 e. The van der Waals surface area contributed by atoms with E-state index in [0.29, 0.717) is 28.6 Å². The van der Waals surface area contributed by atoms with Crippen molar-refractivity contribution in [2.75, 3.05) is 41.7 Å². The van der Waals surface area contributed by atoms with Crippen LogP contribution in [-0.4, -0.2) is 53.6 Å². The summed E-state index contributed by atoms with van der Waals surface area (Å²) in [5.41, 5.74) is 4.83. The lowest BCUT2D eigenvalue weighted by atomic mass is 9.72. The van der Waals surface area contributed by atoms with E-state index in [1.54, 1.807) is 23.5 Å². The molecule has 2 amide bonds. The third-order valence-corrected chi connectivity index (χ3v) is 10.6. The number of carbonyl (C=O) groups is 1. The molecule has 1 aromatic heterocycles. The van der Waals surface area contributed by atoms with Crippen molar-refractivity contribution in [1.82, 2.24) is 9.88 Å². The fourth-order valence-electron chi connectivity index (χ4n) is 7.31. The van der Waals surface area contributed by atoms with Crippen LogP contribution in [0.4, 0.5) is 40.7 Å². The topological polar surface area (TPSA) is 90.0 Å². The lowest BCUT2D eigenvalue weighted by molar-refractivity contribution is -0.274. The van der Waals surface area contributed by atoms with Gasteiger partial charge in [0, 0.05) is 34.8 Å². The van der Waals surface area contributed by atoms with Crippen LogP contribution in [0.1, 0.15) is 39.2 Å². The van der Waals surface area contributed by atoms with Gasteiger partial charge in [0.1, 0.15) is 16.5 Å². The van der Waals surface area contributed by atoms with Gasteiger partial charge in [0.2, 0.25) is 0 Å². The number of anilines is 4. The van der Waals surface area contributed by atoms with Crippen LogP contribution in [0.2, 0.25) is 5.02 Å². The fraction of sp³-hybridized carbons (Fsp3) is 0.316. The number of alkyl halides is 3. The van der Waals surface area contributed by atoms with Gasteiger partial charge in [-0.25, -0.2) is 9.78 Å². The van der Waals surface area contributed by atoms with Crippen molar-refractivity contribution in [1.29, 1.82) is 0 Å². The van der Waals surface area contributed by atoms with Crippen LogP contribution in [0.25, 0.3) is 20.8 Å². The largest absolute Gasteiger partial charge is 0.573 e. The van der Waals surface area contributed by atoms with Crippen LogP contribution in [0, 0.1) is 5.41 Å². The molecular formula is C38H37ClF3N5O3S. The maximum atomic E-state index is 13.2. The molecule has 2 aliphatic heterocycles. The molecule has 4 aromatic carbocycles. The molecule has 0 bridgehead atoms. The molecule has 1 fully saturated rings. The zero-order valence-electron chi connectivity index (χ0n) is 28.3. The van der Waals surface area contributed by atoms with Gasteiger partial charge in [-0.2, -0.15) is 0 Å². The highest BCUT2D eigenvalue weighted by Crippen LogP contribution is 2.57. The number of aromatic nitrogens is 1. The summed E-state index contributed by atoms with van der Waals surface area (Å²) in [5.74, 6) is -0.259. The second kappa shape index (κ2) is 13.2. The normalized spacial score (nSPS) is 16.0.